The molecule has 3 atom stereocenters. The van der Waals surface area contributed by atoms with Crippen molar-refractivity contribution in [2.45, 2.75) is 102 Å². The molecule has 1 aliphatic heterocycles. The van der Waals surface area contributed by atoms with Gasteiger partial charge in [0.1, 0.15) is 14.0 Å². The molecule has 0 aliphatic carbocycles. The van der Waals surface area contributed by atoms with Gasteiger partial charge in [-0.2, -0.15) is 0 Å². The number of hydrogen-bond donors (Lipinski definition) is 0. The second-order valence-electron chi connectivity index (χ2n) is 8.70. The molecule has 0 spiro atoms. The van der Waals surface area contributed by atoms with Gasteiger partial charge in [0.15, 0.2) is 0 Å². The van der Waals surface area contributed by atoms with Crippen molar-refractivity contribution in [2.75, 3.05) is 13.7 Å². The van der Waals surface area contributed by atoms with Crippen LogP contribution in [0.15, 0.2) is 0 Å². The van der Waals surface area contributed by atoms with Crippen LogP contribution in [0.2, 0.25) is 22.2 Å². The van der Waals surface area contributed by atoms with E-state index in [2.05, 4.69) is 55.4 Å². The van der Waals surface area contributed by atoms with E-state index in [1.165, 1.54) is 0 Å². The minimum atomic E-state index is -2.64. The predicted molar refractivity (Wildman–Crippen MR) is 115 cm³/mol. The van der Waals surface area contributed by atoms with Crippen molar-refractivity contribution < 1.29 is 18.0 Å². The molecule has 0 aromatic heterocycles. The van der Waals surface area contributed by atoms with E-state index in [0.717, 1.165) is 0 Å². The van der Waals surface area contributed by atoms with E-state index in [4.69, 9.17) is 36.9 Å². The van der Waals surface area contributed by atoms with Crippen LogP contribution in [0.4, 0.5) is 0 Å². The van der Waals surface area contributed by atoms with Gasteiger partial charge in [0, 0.05) is 13.1 Å². The second-order valence-corrected chi connectivity index (χ2v) is 19.0. The molecule has 1 heterocycles. The van der Waals surface area contributed by atoms with Crippen molar-refractivity contribution >= 4 is 35.1 Å². The lowest BCUT2D eigenvalue weighted by Crippen LogP contribution is -2.59. The third-order valence-electron chi connectivity index (χ3n) is 5.40. The van der Waals surface area contributed by atoms with Crippen LogP contribution in [0.3, 0.4) is 0 Å². The summed E-state index contributed by atoms with van der Waals surface area (Å²) < 4.78 is 24.9. The molecule has 2 radical (unpaired) electrons. The zero-order chi connectivity index (χ0) is 20.3. The molecule has 1 aliphatic rings. The summed E-state index contributed by atoms with van der Waals surface area (Å²) in [5.41, 5.74) is 1.14. The highest BCUT2D eigenvalue weighted by Crippen LogP contribution is 2.46. The highest BCUT2D eigenvalue weighted by atomic mass is 35.6. The van der Waals surface area contributed by atoms with Gasteiger partial charge in [-0.15, -0.1) is 11.1 Å². The van der Waals surface area contributed by atoms with Gasteiger partial charge in [0.25, 0.3) is 7.63 Å². The molecular formula is C18H38BClO4Si2. The van der Waals surface area contributed by atoms with Gasteiger partial charge >= 0.3 is 8.56 Å². The molecule has 0 aromatic carbocycles. The molecule has 8 heteroatoms. The second kappa shape index (κ2) is 9.90. The molecule has 0 saturated carbocycles. The SMILES string of the molecule is [B][C@H]1CC(O[Si](O[Si](Cl)(C(C)C)C(C)C)(C(C)C)C(C)C)[C@@H](COC)O1. The van der Waals surface area contributed by atoms with Gasteiger partial charge in [-0.3, -0.25) is 0 Å². The van der Waals surface area contributed by atoms with Gasteiger partial charge in [0.2, 0.25) is 0 Å². The van der Waals surface area contributed by atoms with Crippen LogP contribution >= 0.6 is 11.1 Å². The fraction of sp³-hybridized carbons (Fsp3) is 1.00. The quantitative estimate of drug-likeness (QED) is 0.364. The predicted octanol–water partition coefficient (Wildman–Crippen LogP) is 5.08. The van der Waals surface area contributed by atoms with E-state index in [-0.39, 0.29) is 29.3 Å². The third kappa shape index (κ3) is 5.36. The average molecular weight is 421 g/mol. The average Bonchev–Trinajstić information content (AvgIpc) is 2.85. The summed E-state index contributed by atoms with van der Waals surface area (Å²) >= 11 is 7.18. The Labute approximate surface area is 169 Å². The molecule has 1 fully saturated rings. The van der Waals surface area contributed by atoms with Crippen molar-refractivity contribution in [3.63, 3.8) is 0 Å². The number of methoxy groups -OCH3 is 1. The molecule has 0 N–H and O–H groups in total. The lowest BCUT2D eigenvalue weighted by atomic mass is 9.96. The van der Waals surface area contributed by atoms with Gasteiger partial charge in [-0.05, 0) is 28.6 Å². The first kappa shape index (κ1) is 24.7. The molecule has 152 valence electrons. The highest BCUT2D eigenvalue weighted by Gasteiger charge is 2.56. The van der Waals surface area contributed by atoms with Crippen LogP contribution in [0, 0.1) is 0 Å². The summed E-state index contributed by atoms with van der Waals surface area (Å²) in [6, 6.07) is -0.320. The smallest absolute Gasteiger partial charge is 0.334 e. The van der Waals surface area contributed by atoms with Crippen molar-refractivity contribution in [2.24, 2.45) is 0 Å². The Balaban J connectivity index is 3.22. The molecule has 1 rings (SSSR count). The molecular weight excluding hydrogens is 383 g/mol. The summed E-state index contributed by atoms with van der Waals surface area (Å²) in [6.07, 6.45) is 0.384. The Morgan fingerprint density at radius 2 is 1.50 bits per heavy atom. The monoisotopic (exact) mass is 420 g/mol. The first-order valence-corrected chi connectivity index (χ1v) is 14.9. The number of rotatable bonds is 10. The minimum Gasteiger partial charge on any atom is -0.423 e. The van der Waals surface area contributed by atoms with Crippen molar-refractivity contribution in [3.8, 4) is 0 Å². The van der Waals surface area contributed by atoms with E-state index in [9.17, 15) is 0 Å². The summed E-state index contributed by atoms with van der Waals surface area (Å²) in [5, 5.41) is 0. The lowest BCUT2D eigenvalue weighted by Gasteiger charge is -2.47. The summed E-state index contributed by atoms with van der Waals surface area (Å²) in [6.45, 7) is 17.9. The number of halogens is 1. The number of ether oxygens (including phenoxy) is 2. The molecule has 0 aromatic rings. The first-order chi connectivity index (χ1) is 11.9. The lowest BCUT2D eigenvalue weighted by molar-refractivity contribution is -0.0192. The Morgan fingerprint density at radius 3 is 1.88 bits per heavy atom. The van der Waals surface area contributed by atoms with Crippen LogP contribution in [-0.2, 0) is 18.0 Å². The van der Waals surface area contributed by atoms with Gasteiger partial charge in [0.05, 0.1) is 12.7 Å². The van der Waals surface area contributed by atoms with Crippen molar-refractivity contribution in [1.82, 2.24) is 0 Å². The fourth-order valence-corrected chi connectivity index (χ4v) is 14.7. The van der Waals surface area contributed by atoms with Crippen molar-refractivity contribution in [1.29, 1.82) is 0 Å². The van der Waals surface area contributed by atoms with Gasteiger partial charge in [-0.1, -0.05) is 55.4 Å². The van der Waals surface area contributed by atoms with Crippen LogP contribution in [-0.4, -0.2) is 56.0 Å². The standard InChI is InChI=1S/C18H38BClO4Si2/c1-12(2)25(20,13(3)4)24-26(14(5)6,15(7)8)23-16-10-18(19)22-17(16)11-21-9/h12-18H,10-11H2,1-9H3/t16?,17-,18-/m1/s1. The van der Waals surface area contributed by atoms with Crippen LogP contribution in [0.5, 0.6) is 0 Å². The molecule has 1 saturated heterocycles. The molecule has 1 unspecified atom stereocenters. The van der Waals surface area contributed by atoms with Gasteiger partial charge in [-0.25, -0.2) is 0 Å². The van der Waals surface area contributed by atoms with E-state index in [1.54, 1.807) is 7.11 Å². The molecule has 0 bridgehead atoms. The maximum Gasteiger partial charge on any atom is 0.334 e. The molecule has 26 heavy (non-hydrogen) atoms. The largest absolute Gasteiger partial charge is 0.423 e. The van der Waals surface area contributed by atoms with E-state index in [1.807, 2.05) is 0 Å². The van der Waals surface area contributed by atoms with Crippen LogP contribution in [0.25, 0.3) is 0 Å². The van der Waals surface area contributed by atoms with Gasteiger partial charge < -0.3 is 18.0 Å². The summed E-state index contributed by atoms with van der Waals surface area (Å²) in [4.78, 5) is 0. The van der Waals surface area contributed by atoms with Crippen molar-refractivity contribution in [3.05, 3.63) is 0 Å². The Morgan fingerprint density at radius 1 is 1.00 bits per heavy atom. The third-order valence-corrected chi connectivity index (χ3v) is 18.3. The summed E-state index contributed by atoms with van der Waals surface area (Å²) in [7, 11) is 2.58. The van der Waals surface area contributed by atoms with E-state index < -0.39 is 16.2 Å². The Kier molecular flexibility index (Phi) is 9.39. The zero-order valence-electron chi connectivity index (χ0n) is 18.0. The normalized spacial score (nSPS) is 25.2. The van der Waals surface area contributed by atoms with Crippen LogP contribution < -0.4 is 0 Å². The Hall–Kier alpha value is 0.629. The molecule has 4 nitrogen and oxygen atoms in total. The minimum absolute atomic E-state index is 0.115. The maximum atomic E-state index is 7.18. The number of hydrogen-bond acceptors (Lipinski definition) is 4. The van der Waals surface area contributed by atoms with Crippen LogP contribution in [0.1, 0.15) is 61.8 Å². The fourth-order valence-electron chi connectivity index (χ4n) is 3.77. The van der Waals surface area contributed by atoms with E-state index >= 15 is 0 Å². The topological polar surface area (TPSA) is 36.9 Å². The van der Waals surface area contributed by atoms with E-state index in [0.29, 0.717) is 24.1 Å². The first-order valence-electron chi connectivity index (χ1n) is 9.87. The highest BCUT2D eigenvalue weighted by molar-refractivity contribution is 7.20. The molecule has 0 amide bonds. The summed E-state index contributed by atoms with van der Waals surface area (Å²) in [5.74, 6) is 0. The Bertz CT molecular complexity index is 421. The maximum absolute atomic E-state index is 7.18. The zero-order valence-corrected chi connectivity index (χ0v) is 20.8.